The Labute approximate surface area is 127 Å². The molecule has 1 aliphatic carbocycles. The van der Waals surface area contributed by atoms with E-state index < -0.39 is 5.97 Å². The van der Waals surface area contributed by atoms with Gasteiger partial charge in [-0.25, -0.2) is 9.78 Å². The number of carbonyl (C=O) groups is 1. The van der Waals surface area contributed by atoms with Gasteiger partial charge in [0.2, 0.25) is 5.89 Å². The van der Waals surface area contributed by atoms with Crippen molar-refractivity contribution in [1.29, 1.82) is 0 Å². The molecule has 1 N–H and O–H groups in total. The summed E-state index contributed by atoms with van der Waals surface area (Å²) in [5, 5.41) is 9.58. The van der Waals surface area contributed by atoms with Crippen molar-refractivity contribution in [3.63, 3.8) is 0 Å². The van der Waals surface area contributed by atoms with Crippen LogP contribution in [0.1, 0.15) is 34.8 Å². The summed E-state index contributed by atoms with van der Waals surface area (Å²) in [6.45, 7) is 1.25. The molecular weight excluding hydrogens is 292 g/mol. The van der Waals surface area contributed by atoms with Crippen molar-refractivity contribution in [3.05, 3.63) is 52.7 Å². The zero-order chi connectivity index (χ0) is 14.8. The summed E-state index contributed by atoms with van der Waals surface area (Å²) < 4.78 is 5.24. The number of halogens is 1. The van der Waals surface area contributed by atoms with Crippen LogP contribution in [0.15, 0.2) is 34.9 Å². The molecule has 1 aliphatic rings. The first kappa shape index (κ1) is 14.1. The van der Waals surface area contributed by atoms with Gasteiger partial charge in [-0.3, -0.25) is 4.90 Å². The summed E-state index contributed by atoms with van der Waals surface area (Å²) >= 11 is 6.01. The van der Waals surface area contributed by atoms with E-state index in [0.717, 1.165) is 24.9 Å². The highest BCUT2D eigenvalue weighted by Crippen LogP contribution is 2.30. The predicted octanol–water partition coefficient (Wildman–Crippen LogP) is 3.19. The van der Waals surface area contributed by atoms with Gasteiger partial charge >= 0.3 is 5.97 Å². The van der Waals surface area contributed by atoms with Crippen LogP contribution in [-0.2, 0) is 13.1 Å². The molecule has 5 nitrogen and oxygen atoms in total. The summed E-state index contributed by atoms with van der Waals surface area (Å²) in [5.41, 5.74) is 1.07. The molecule has 0 aliphatic heterocycles. The topological polar surface area (TPSA) is 66.6 Å². The van der Waals surface area contributed by atoms with Crippen molar-refractivity contribution >= 4 is 17.6 Å². The Hall–Kier alpha value is -1.85. The van der Waals surface area contributed by atoms with Crippen LogP contribution in [-0.4, -0.2) is 27.0 Å². The van der Waals surface area contributed by atoms with Crippen LogP contribution >= 0.6 is 11.6 Å². The van der Waals surface area contributed by atoms with Crippen LogP contribution in [0.2, 0.25) is 5.02 Å². The smallest absolute Gasteiger partial charge is 0.357 e. The van der Waals surface area contributed by atoms with Crippen LogP contribution in [0.5, 0.6) is 0 Å². The van der Waals surface area contributed by atoms with E-state index in [1.807, 2.05) is 24.3 Å². The van der Waals surface area contributed by atoms with Gasteiger partial charge in [-0.05, 0) is 30.5 Å². The first-order valence-electron chi connectivity index (χ1n) is 6.78. The number of hydrogen-bond acceptors (Lipinski definition) is 4. The molecule has 110 valence electrons. The average molecular weight is 307 g/mol. The Bertz CT molecular complexity index is 652. The van der Waals surface area contributed by atoms with Crippen molar-refractivity contribution in [2.24, 2.45) is 0 Å². The lowest BCUT2D eigenvalue weighted by atomic mass is 10.2. The van der Waals surface area contributed by atoms with Gasteiger partial charge in [-0.15, -0.1) is 0 Å². The van der Waals surface area contributed by atoms with Gasteiger partial charge in [0.05, 0.1) is 6.54 Å². The second-order valence-electron chi connectivity index (χ2n) is 5.20. The molecule has 0 radical (unpaired) electrons. The number of carboxylic acid groups (broad SMARTS) is 1. The van der Waals surface area contributed by atoms with Crippen molar-refractivity contribution in [2.45, 2.75) is 32.0 Å². The number of aromatic carboxylic acids is 1. The van der Waals surface area contributed by atoms with Crippen LogP contribution in [0.25, 0.3) is 0 Å². The van der Waals surface area contributed by atoms with E-state index >= 15 is 0 Å². The molecule has 0 unspecified atom stereocenters. The first-order chi connectivity index (χ1) is 10.1. The maximum atomic E-state index is 10.8. The van der Waals surface area contributed by atoms with E-state index in [1.165, 1.54) is 6.26 Å². The summed E-state index contributed by atoms with van der Waals surface area (Å²) in [6, 6.07) is 8.24. The predicted molar refractivity (Wildman–Crippen MR) is 77.2 cm³/mol. The Kier molecular flexibility index (Phi) is 3.94. The molecular formula is C15H15ClN2O3. The van der Waals surface area contributed by atoms with Crippen LogP contribution in [0.3, 0.4) is 0 Å². The van der Waals surface area contributed by atoms with E-state index in [1.54, 1.807) is 0 Å². The molecule has 1 heterocycles. The van der Waals surface area contributed by atoms with Gasteiger partial charge in [0.15, 0.2) is 5.69 Å². The summed E-state index contributed by atoms with van der Waals surface area (Å²) in [4.78, 5) is 17.0. The molecule has 1 fully saturated rings. The number of rotatable bonds is 6. The molecule has 0 bridgehead atoms. The lowest BCUT2D eigenvalue weighted by Gasteiger charge is -2.20. The van der Waals surface area contributed by atoms with Crippen LogP contribution < -0.4 is 0 Å². The van der Waals surface area contributed by atoms with E-state index in [-0.39, 0.29) is 5.69 Å². The molecule has 1 aromatic heterocycles. The lowest BCUT2D eigenvalue weighted by molar-refractivity contribution is 0.0690. The average Bonchev–Trinajstić information content (AvgIpc) is 3.18. The number of oxazole rings is 1. The quantitative estimate of drug-likeness (QED) is 0.887. The lowest BCUT2D eigenvalue weighted by Crippen LogP contribution is -2.25. The van der Waals surface area contributed by atoms with E-state index in [4.69, 9.17) is 21.1 Å². The zero-order valence-electron chi connectivity index (χ0n) is 11.3. The van der Waals surface area contributed by atoms with Gasteiger partial charge < -0.3 is 9.52 Å². The Morgan fingerprint density at radius 3 is 2.86 bits per heavy atom. The standard InChI is InChI=1S/C15H15ClN2O3/c16-11-3-1-2-10(6-11)7-18(12-4-5-12)8-14-17-13(9-21-14)15(19)20/h1-3,6,9,12H,4-5,7-8H2,(H,19,20). The molecule has 2 aromatic rings. The zero-order valence-corrected chi connectivity index (χ0v) is 12.1. The molecule has 0 saturated heterocycles. The third-order valence-electron chi connectivity index (χ3n) is 3.45. The van der Waals surface area contributed by atoms with Gasteiger partial charge in [0.25, 0.3) is 0 Å². The fourth-order valence-corrected chi connectivity index (χ4v) is 2.49. The molecule has 3 rings (SSSR count). The minimum absolute atomic E-state index is 0.0523. The molecule has 1 saturated carbocycles. The molecule has 6 heteroatoms. The Morgan fingerprint density at radius 2 is 2.24 bits per heavy atom. The molecule has 0 spiro atoms. The van der Waals surface area contributed by atoms with Crippen molar-refractivity contribution in [3.8, 4) is 0 Å². The highest BCUT2D eigenvalue weighted by molar-refractivity contribution is 6.30. The fourth-order valence-electron chi connectivity index (χ4n) is 2.28. The minimum Gasteiger partial charge on any atom is -0.476 e. The number of hydrogen-bond donors (Lipinski definition) is 1. The normalized spacial score (nSPS) is 14.6. The Balaban J connectivity index is 1.71. The van der Waals surface area contributed by atoms with Crippen molar-refractivity contribution in [2.75, 3.05) is 0 Å². The summed E-state index contributed by atoms with van der Waals surface area (Å²) in [7, 11) is 0. The maximum absolute atomic E-state index is 10.8. The van der Waals surface area contributed by atoms with Crippen molar-refractivity contribution < 1.29 is 14.3 Å². The molecule has 0 amide bonds. The number of carboxylic acids is 1. The third kappa shape index (κ3) is 3.62. The maximum Gasteiger partial charge on any atom is 0.357 e. The van der Waals surface area contributed by atoms with Gasteiger partial charge in [0, 0.05) is 17.6 Å². The summed E-state index contributed by atoms with van der Waals surface area (Å²) in [6.07, 6.45) is 3.47. The van der Waals surface area contributed by atoms with Crippen LogP contribution in [0.4, 0.5) is 0 Å². The van der Waals surface area contributed by atoms with E-state index in [0.29, 0.717) is 23.5 Å². The van der Waals surface area contributed by atoms with E-state index in [2.05, 4.69) is 9.88 Å². The Morgan fingerprint density at radius 1 is 1.43 bits per heavy atom. The highest BCUT2D eigenvalue weighted by Gasteiger charge is 2.30. The second kappa shape index (κ2) is 5.87. The summed E-state index contributed by atoms with van der Waals surface area (Å²) in [5.74, 6) is -0.640. The second-order valence-corrected chi connectivity index (χ2v) is 5.63. The van der Waals surface area contributed by atoms with Gasteiger partial charge in [0.1, 0.15) is 6.26 Å². The number of nitrogens with zero attached hydrogens (tertiary/aromatic N) is 2. The minimum atomic E-state index is -1.07. The monoisotopic (exact) mass is 306 g/mol. The first-order valence-corrected chi connectivity index (χ1v) is 7.16. The molecule has 0 atom stereocenters. The third-order valence-corrected chi connectivity index (χ3v) is 3.68. The number of benzene rings is 1. The number of aromatic nitrogens is 1. The largest absolute Gasteiger partial charge is 0.476 e. The highest BCUT2D eigenvalue weighted by atomic mass is 35.5. The van der Waals surface area contributed by atoms with Gasteiger partial charge in [-0.1, -0.05) is 23.7 Å². The SMILES string of the molecule is O=C(O)c1coc(CN(Cc2cccc(Cl)c2)C2CC2)n1. The van der Waals surface area contributed by atoms with Crippen molar-refractivity contribution in [1.82, 2.24) is 9.88 Å². The fraction of sp³-hybridized carbons (Fsp3) is 0.333. The van der Waals surface area contributed by atoms with Gasteiger partial charge in [-0.2, -0.15) is 0 Å². The van der Waals surface area contributed by atoms with Crippen LogP contribution in [0, 0.1) is 0 Å². The molecule has 1 aromatic carbocycles. The molecule has 21 heavy (non-hydrogen) atoms. The van der Waals surface area contributed by atoms with E-state index in [9.17, 15) is 4.79 Å².